The second-order valence-electron chi connectivity index (χ2n) is 5.07. The fraction of sp³-hybridized carbons (Fsp3) is 0.357. The Labute approximate surface area is 112 Å². The molecule has 1 saturated carbocycles. The number of carbonyl (C=O) groups excluding carboxylic acids is 1. The van der Waals surface area contributed by atoms with Gasteiger partial charge < -0.3 is 10.2 Å². The Morgan fingerprint density at radius 1 is 1.42 bits per heavy atom. The van der Waals surface area contributed by atoms with E-state index in [-0.39, 0.29) is 17.9 Å². The Hall–Kier alpha value is -2.01. The van der Waals surface area contributed by atoms with Crippen LogP contribution in [-0.2, 0) is 4.79 Å². The third-order valence-electron chi connectivity index (χ3n) is 3.89. The number of hydrazine groups is 1. The molecule has 0 bridgehead atoms. The van der Waals surface area contributed by atoms with Crippen molar-refractivity contribution < 1.29 is 4.79 Å². The molecule has 3 rings (SSSR count). The van der Waals surface area contributed by atoms with E-state index in [2.05, 4.69) is 21.8 Å². The number of fused-ring (bicyclic) bond motifs is 2. The van der Waals surface area contributed by atoms with E-state index in [4.69, 9.17) is 5.84 Å². The molecule has 5 nitrogen and oxygen atoms in total. The molecule has 2 unspecified atom stereocenters. The van der Waals surface area contributed by atoms with E-state index in [1.54, 1.807) is 0 Å². The fourth-order valence-corrected chi connectivity index (χ4v) is 2.84. The number of nitrogens with zero attached hydrogens (tertiary/aromatic N) is 1. The molecule has 1 amide bonds. The highest BCUT2D eigenvalue weighted by Crippen LogP contribution is 2.33. The Bertz CT molecular complexity index is 504. The van der Waals surface area contributed by atoms with Crippen LogP contribution in [0.15, 0.2) is 48.1 Å². The van der Waals surface area contributed by atoms with Crippen molar-refractivity contribution in [2.75, 3.05) is 0 Å². The first-order valence-corrected chi connectivity index (χ1v) is 6.59. The van der Waals surface area contributed by atoms with Crippen molar-refractivity contribution in [3.63, 3.8) is 0 Å². The van der Waals surface area contributed by atoms with Crippen molar-refractivity contribution in [2.45, 2.75) is 25.3 Å². The van der Waals surface area contributed by atoms with Crippen LogP contribution < -0.4 is 16.6 Å². The smallest absolute Gasteiger partial charge is 0.237 e. The number of hydrogen-bond acceptors (Lipinski definition) is 4. The summed E-state index contributed by atoms with van der Waals surface area (Å²) in [6.07, 6.45) is 14.9. The molecule has 0 aromatic carbocycles. The summed E-state index contributed by atoms with van der Waals surface area (Å²) < 4.78 is 0. The van der Waals surface area contributed by atoms with Gasteiger partial charge in [0.25, 0.3) is 0 Å². The topological polar surface area (TPSA) is 70.4 Å². The largest absolute Gasteiger partial charge is 0.365 e. The molecule has 2 aliphatic heterocycles. The highest BCUT2D eigenvalue weighted by Gasteiger charge is 2.33. The van der Waals surface area contributed by atoms with E-state index in [1.807, 2.05) is 30.5 Å². The lowest BCUT2D eigenvalue weighted by molar-refractivity contribution is -0.125. The standard InChI is InChI=1S/C14H18N4O/c15-17-14(19)10-5-6-11-9-18-7-3-1-2-4-13(18)16-12(11)8-10/h1-4,7,9-10,12,16H,5-6,8,15H2,(H,17,19). The monoisotopic (exact) mass is 258 g/mol. The predicted octanol–water partition coefficient (Wildman–Crippen LogP) is 0.859. The molecular weight excluding hydrogens is 240 g/mol. The van der Waals surface area contributed by atoms with E-state index < -0.39 is 0 Å². The van der Waals surface area contributed by atoms with Gasteiger partial charge in [0.05, 0.1) is 6.04 Å². The zero-order valence-electron chi connectivity index (χ0n) is 10.7. The molecule has 19 heavy (non-hydrogen) atoms. The normalized spacial score (nSPS) is 28.4. The van der Waals surface area contributed by atoms with E-state index >= 15 is 0 Å². The minimum absolute atomic E-state index is 0.00339. The van der Waals surface area contributed by atoms with Gasteiger partial charge in [-0.3, -0.25) is 10.2 Å². The molecule has 100 valence electrons. The molecule has 3 aliphatic rings. The van der Waals surface area contributed by atoms with Crippen molar-refractivity contribution in [1.82, 2.24) is 15.6 Å². The fourth-order valence-electron chi connectivity index (χ4n) is 2.84. The molecule has 1 fully saturated rings. The second kappa shape index (κ2) is 4.93. The molecular formula is C14H18N4O. The molecule has 2 heterocycles. The molecule has 0 saturated heterocycles. The highest BCUT2D eigenvalue weighted by molar-refractivity contribution is 5.78. The molecule has 1 aliphatic carbocycles. The lowest BCUT2D eigenvalue weighted by atomic mass is 9.81. The van der Waals surface area contributed by atoms with Crippen LogP contribution in [0.4, 0.5) is 0 Å². The van der Waals surface area contributed by atoms with Crippen LogP contribution in [0.1, 0.15) is 19.3 Å². The van der Waals surface area contributed by atoms with Gasteiger partial charge in [-0.2, -0.15) is 0 Å². The van der Waals surface area contributed by atoms with Crippen LogP contribution in [0.2, 0.25) is 0 Å². The maximum atomic E-state index is 11.6. The number of allylic oxidation sites excluding steroid dienone is 4. The van der Waals surface area contributed by atoms with Gasteiger partial charge in [0.1, 0.15) is 5.82 Å². The molecule has 0 radical (unpaired) electrons. The number of carbonyl (C=O) groups is 1. The van der Waals surface area contributed by atoms with Gasteiger partial charge in [0, 0.05) is 18.3 Å². The SMILES string of the molecule is NNC(=O)C1CCC2=CN3C=CC=CC=C3NC2C1. The Morgan fingerprint density at radius 3 is 3.16 bits per heavy atom. The first kappa shape index (κ1) is 12.0. The summed E-state index contributed by atoms with van der Waals surface area (Å²) in [7, 11) is 0. The summed E-state index contributed by atoms with van der Waals surface area (Å²) in [6.45, 7) is 0. The first-order chi connectivity index (χ1) is 9.28. The van der Waals surface area contributed by atoms with Gasteiger partial charge >= 0.3 is 0 Å². The maximum Gasteiger partial charge on any atom is 0.237 e. The molecule has 4 N–H and O–H groups in total. The van der Waals surface area contributed by atoms with E-state index in [9.17, 15) is 4.79 Å². The number of rotatable bonds is 1. The summed E-state index contributed by atoms with van der Waals surface area (Å²) in [5, 5.41) is 3.50. The van der Waals surface area contributed by atoms with Crippen molar-refractivity contribution in [3.8, 4) is 0 Å². The third kappa shape index (κ3) is 2.29. The van der Waals surface area contributed by atoms with E-state index in [0.717, 1.165) is 25.1 Å². The van der Waals surface area contributed by atoms with Gasteiger partial charge in [0.2, 0.25) is 5.91 Å². The Morgan fingerprint density at radius 2 is 2.32 bits per heavy atom. The molecule has 0 aromatic heterocycles. The minimum atomic E-state index is -0.0575. The summed E-state index contributed by atoms with van der Waals surface area (Å²) in [4.78, 5) is 13.7. The summed E-state index contributed by atoms with van der Waals surface area (Å²) >= 11 is 0. The molecule has 0 aromatic rings. The number of nitrogens with two attached hydrogens (primary N) is 1. The Kier molecular flexibility index (Phi) is 3.13. The highest BCUT2D eigenvalue weighted by atomic mass is 16.2. The maximum absolute atomic E-state index is 11.6. The van der Waals surface area contributed by atoms with Gasteiger partial charge in [-0.1, -0.05) is 12.2 Å². The summed E-state index contributed by atoms with van der Waals surface area (Å²) in [6, 6.07) is 0.235. The van der Waals surface area contributed by atoms with Crippen LogP contribution in [0, 0.1) is 5.92 Å². The zero-order valence-corrected chi connectivity index (χ0v) is 10.7. The van der Waals surface area contributed by atoms with Crippen LogP contribution in [0.5, 0.6) is 0 Å². The summed E-state index contributed by atoms with van der Waals surface area (Å²) in [5.74, 6) is 6.22. The average molecular weight is 258 g/mol. The van der Waals surface area contributed by atoms with E-state index in [1.165, 1.54) is 5.57 Å². The van der Waals surface area contributed by atoms with Crippen LogP contribution in [-0.4, -0.2) is 16.8 Å². The van der Waals surface area contributed by atoms with Gasteiger partial charge in [0.15, 0.2) is 0 Å². The first-order valence-electron chi connectivity index (χ1n) is 6.59. The van der Waals surface area contributed by atoms with Crippen LogP contribution in [0.3, 0.4) is 0 Å². The van der Waals surface area contributed by atoms with Gasteiger partial charge in [-0.25, -0.2) is 5.84 Å². The zero-order chi connectivity index (χ0) is 13.2. The molecule has 0 spiro atoms. The van der Waals surface area contributed by atoms with Crippen molar-refractivity contribution in [1.29, 1.82) is 0 Å². The van der Waals surface area contributed by atoms with Crippen molar-refractivity contribution in [3.05, 3.63) is 48.1 Å². The number of nitrogens with one attached hydrogen (secondary N) is 2. The predicted molar refractivity (Wildman–Crippen MR) is 72.9 cm³/mol. The van der Waals surface area contributed by atoms with Crippen molar-refractivity contribution in [2.24, 2.45) is 11.8 Å². The lowest BCUT2D eigenvalue weighted by Crippen LogP contribution is -2.46. The number of amides is 1. The lowest BCUT2D eigenvalue weighted by Gasteiger charge is -2.39. The average Bonchev–Trinajstić information content (AvgIpc) is 2.68. The molecule has 2 atom stereocenters. The quantitative estimate of drug-likeness (QED) is 0.370. The van der Waals surface area contributed by atoms with Crippen LogP contribution in [0.25, 0.3) is 0 Å². The Balaban J connectivity index is 1.81. The second-order valence-corrected chi connectivity index (χ2v) is 5.07. The summed E-state index contributed by atoms with van der Waals surface area (Å²) in [5.41, 5.74) is 3.61. The van der Waals surface area contributed by atoms with Crippen molar-refractivity contribution >= 4 is 5.91 Å². The van der Waals surface area contributed by atoms with Crippen LogP contribution >= 0.6 is 0 Å². The van der Waals surface area contributed by atoms with E-state index in [0.29, 0.717) is 0 Å². The third-order valence-corrected chi connectivity index (χ3v) is 3.89. The van der Waals surface area contributed by atoms with Gasteiger partial charge in [-0.05, 0) is 37.0 Å². The van der Waals surface area contributed by atoms with Gasteiger partial charge in [-0.15, -0.1) is 0 Å². The number of hydrogen-bond donors (Lipinski definition) is 3. The molecule has 5 heteroatoms. The minimum Gasteiger partial charge on any atom is -0.365 e.